The van der Waals surface area contributed by atoms with Crippen molar-refractivity contribution in [3.8, 4) is 0 Å². The minimum Gasteiger partial charge on any atom is -1.00 e. The van der Waals surface area contributed by atoms with Crippen molar-refractivity contribution in [1.82, 2.24) is 0 Å². The molecule has 0 bridgehead atoms. The zero-order valence-corrected chi connectivity index (χ0v) is 7.72. The summed E-state index contributed by atoms with van der Waals surface area (Å²) >= 11 is 0. The van der Waals surface area contributed by atoms with Gasteiger partial charge in [-0.25, -0.2) is 0 Å². The molecule has 0 aromatic rings. The van der Waals surface area contributed by atoms with Gasteiger partial charge in [0.15, 0.2) is 0 Å². The first-order valence-electron chi connectivity index (χ1n) is 0. The Hall–Kier alpha value is 2.25. The molecule has 0 aromatic carbocycles. The monoisotopic (exact) mass is 102 g/mol. The Labute approximate surface area is 78.8 Å². The molecule has 0 saturated heterocycles. The number of hydrogen-bond acceptors (Lipinski definition) is 0. The standard InChI is InChI=1S/ClH.2Na.H2O.2H/h1H;;;1H2;;/q;2*+1;;2*-1. The molecule has 0 rings (SSSR count). The second-order valence-electron chi connectivity index (χ2n) is 0. The van der Waals surface area contributed by atoms with Crippen LogP contribution in [0.5, 0.6) is 0 Å². The van der Waals surface area contributed by atoms with E-state index in [9.17, 15) is 0 Å². The van der Waals surface area contributed by atoms with Gasteiger partial charge in [0.1, 0.15) is 0 Å². The summed E-state index contributed by atoms with van der Waals surface area (Å²) in [6.45, 7) is 0. The van der Waals surface area contributed by atoms with E-state index >= 15 is 0 Å². The van der Waals surface area contributed by atoms with Crippen LogP contribution in [0.3, 0.4) is 0 Å². The van der Waals surface area contributed by atoms with Crippen LogP contribution in [-0.4, -0.2) is 5.48 Å². The summed E-state index contributed by atoms with van der Waals surface area (Å²) < 4.78 is 0. The first-order chi connectivity index (χ1) is 0. The molecule has 0 aliphatic rings. The molecule has 0 unspecified atom stereocenters. The topological polar surface area (TPSA) is 31.5 Å². The fourth-order valence-electron chi connectivity index (χ4n) is 0. The van der Waals surface area contributed by atoms with Gasteiger partial charge in [-0.05, 0) is 0 Å². The molecule has 0 heterocycles. The summed E-state index contributed by atoms with van der Waals surface area (Å²) in [5.41, 5.74) is 0. The fraction of sp³-hybridized carbons (Fsp3) is 0. The molecule has 0 aliphatic carbocycles. The van der Waals surface area contributed by atoms with E-state index in [0.717, 1.165) is 0 Å². The van der Waals surface area contributed by atoms with Crippen molar-refractivity contribution in [3.63, 3.8) is 0 Å². The predicted molar refractivity (Wildman–Crippen MR) is 13.1 cm³/mol. The zero-order valence-electron chi connectivity index (χ0n) is 4.91. The number of hydrogen-bond donors (Lipinski definition) is 0. The van der Waals surface area contributed by atoms with Crippen LogP contribution < -0.4 is 59.1 Å². The molecule has 0 atom stereocenters. The van der Waals surface area contributed by atoms with Crippen LogP contribution in [0.1, 0.15) is 2.85 Å². The largest absolute Gasteiger partial charge is 1.00 e. The van der Waals surface area contributed by atoms with Crippen LogP contribution in [0, 0.1) is 0 Å². The van der Waals surface area contributed by atoms with E-state index in [1.165, 1.54) is 0 Å². The van der Waals surface area contributed by atoms with Crippen LogP contribution in [0.15, 0.2) is 0 Å². The van der Waals surface area contributed by atoms with E-state index in [1.54, 1.807) is 0 Å². The van der Waals surface area contributed by atoms with Gasteiger partial charge in [0.2, 0.25) is 0 Å². The van der Waals surface area contributed by atoms with Crippen LogP contribution in [0.4, 0.5) is 0 Å². The fourth-order valence-corrected chi connectivity index (χ4v) is 0. The Morgan fingerprint density at radius 3 is 1.00 bits per heavy atom. The minimum absolute atomic E-state index is 0. The van der Waals surface area contributed by atoms with Crippen molar-refractivity contribution in [2.24, 2.45) is 0 Å². The van der Waals surface area contributed by atoms with Gasteiger partial charge < -0.3 is 8.33 Å². The van der Waals surface area contributed by atoms with Gasteiger partial charge in [-0.1, -0.05) is 0 Å². The van der Waals surface area contributed by atoms with Crippen molar-refractivity contribution < 1.29 is 67.4 Å². The van der Waals surface area contributed by atoms with E-state index in [1.807, 2.05) is 0 Å². The summed E-state index contributed by atoms with van der Waals surface area (Å²) in [6, 6.07) is 0. The van der Waals surface area contributed by atoms with E-state index in [4.69, 9.17) is 0 Å². The Morgan fingerprint density at radius 1 is 1.00 bits per heavy atom. The number of halogens is 1. The van der Waals surface area contributed by atoms with E-state index in [0.29, 0.717) is 0 Å². The van der Waals surface area contributed by atoms with Gasteiger partial charge in [-0.15, -0.1) is 12.4 Å². The molecule has 0 aliphatic heterocycles. The molecule has 4 heteroatoms. The Kier molecular flexibility index (Phi) is 159. The quantitative estimate of drug-likeness (QED) is 0.273. The summed E-state index contributed by atoms with van der Waals surface area (Å²) in [4.78, 5) is 0. The summed E-state index contributed by atoms with van der Waals surface area (Å²) in [7, 11) is 0. The summed E-state index contributed by atoms with van der Waals surface area (Å²) in [5.74, 6) is 0. The van der Waals surface area contributed by atoms with Gasteiger partial charge >= 0.3 is 59.1 Å². The molecular weight excluding hydrogens is 97.4 g/mol. The summed E-state index contributed by atoms with van der Waals surface area (Å²) in [5, 5.41) is 0. The van der Waals surface area contributed by atoms with Crippen LogP contribution in [0.2, 0.25) is 0 Å². The normalized spacial score (nSPS) is 0. The maximum Gasteiger partial charge on any atom is 1.00 e. The molecule has 0 spiro atoms. The third kappa shape index (κ3) is 8.87. The first kappa shape index (κ1) is 34.0. The predicted octanol–water partition coefficient (Wildman–Crippen LogP) is -6.17. The van der Waals surface area contributed by atoms with Crippen molar-refractivity contribution in [2.45, 2.75) is 0 Å². The molecule has 0 saturated carbocycles. The smallest absolute Gasteiger partial charge is 1.00 e. The molecule has 20 valence electrons. The molecule has 0 amide bonds. The second kappa shape index (κ2) is 18.7. The average molecular weight is 102 g/mol. The molecular formula is H5ClNa2O. The minimum atomic E-state index is 0. The average Bonchev–Trinajstić information content (AvgIpc) is 0. The second-order valence-corrected chi connectivity index (χ2v) is 0. The summed E-state index contributed by atoms with van der Waals surface area (Å²) in [6.07, 6.45) is 0. The molecule has 0 fully saturated rings. The molecule has 4 heavy (non-hydrogen) atoms. The van der Waals surface area contributed by atoms with Crippen LogP contribution >= 0.6 is 12.4 Å². The SMILES string of the molecule is Cl.O.[H-].[H-].[Na+].[Na+]. The van der Waals surface area contributed by atoms with Gasteiger partial charge in [0.05, 0.1) is 0 Å². The maximum atomic E-state index is 0. The van der Waals surface area contributed by atoms with Gasteiger partial charge in [0.25, 0.3) is 0 Å². The zero-order chi connectivity index (χ0) is 0. The maximum absolute atomic E-state index is 0. The van der Waals surface area contributed by atoms with E-state index in [-0.39, 0.29) is 79.9 Å². The molecule has 1 nitrogen and oxygen atoms in total. The first-order valence-corrected chi connectivity index (χ1v) is 0. The Balaban J connectivity index is 0. The van der Waals surface area contributed by atoms with E-state index in [2.05, 4.69) is 0 Å². The molecule has 0 aromatic heterocycles. The van der Waals surface area contributed by atoms with Crippen molar-refractivity contribution >= 4 is 12.4 Å². The molecule has 2 N–H and O–H groups in total. The Morgan fingerprint density at radius 2 is 1.00 bits per heavy atom. The van der Waals surface area contributed by atoms with Crippen molar-refractivity contribution in [3.05, 3.63) is 0 Å². The van der Waals surface area contributed by atoms with E-state index < -0.39 is 0 Å². The number of rotatable bonds is 0. The van der Waals surface area contributed by atoms with Crippen LogP contribution in [-0.2, 0) is 0 Å². The van der Waals surface area contributed by atoms with Crippen molar-refractivity contribution in [2.75, 3.05) is 0 Å². The third-order valence-corrected chi connectivity index (χ3v) is 0. The van der Waals surface area contributed by atoms with Gasteiger partial charge in [0, 0.05) is 0 Å². The van der Waals surface area contributed by atoms with Gasteiger partial charge in [-0.2, -0.15) is 0 Å². The van der Waals surface area contributed by atoms with Gasteiger partial charge in [-0.3, -0.25) is 0 Å². The van der Waals surface area contributed by atoms with Crippen molar-refractivity contribution in [1.29, 1.82) is 0 Å². The Bertz CT molecular complexity index is 11.5. The third-order valence-electron chi connectivity index (χ3n) is 0. The molecule has 0 radical (unpaired) electrons. The van der Waals surface area contributed by atoms with Crippen LogP contribution in [0.25, 0.3) is 0 Å².